The third kappa shape index (κ3) is 4.07. The SMILES string of the molecule is CCC[C@]1(C2CCN(C(=O)c3ccccc3C)CC2)NC(=O)N(C[C@H]2CCCO2)C1=O. The Bertz CT molecular complexity index is 843. The summed E-state index contributed by atoms with van der Waals surface area (Å²) in [4.78, 5) is 42.5. The summed E-state index contributed by atoms with van der Waals surface area (Å²) in [6.45, 7) is 6.21. The molecule has 31 heavy (non-hydrogen) atoms. The van der Waals surface area contributed by atoms with Gasteiger partial charge in [-0.2, -0.15) is 0 Å². The van der Waals surface area contributed by atoms with Crippen LogP contribution in [0.3, 0.4) is 0 Å². The lowest BCUT2D eigenvalue weighted by Crippen LogP contribution is -2.56. The van der Waals surface area contributed by atoms with Crippen LogP contribution in [0.2, 0.25) is 0 Å². The first-order chi connectivity index (χ1) is 15.0. The van der Waals surface area contributed by atoms with Crippen LogP contribution in [-0.2, 0) is 9.53 Å². The highest BCUT2D eigenvalue weighted by Crippen LogP contribution is 2.37. The molecule has 0 spiro atoms. The van der Waals surface area contributed by atoms with Crippen molar-refractivity contribution in [2.45, 2.75) is 64.0 Å². The molecule has 1 aromatic rings. The van der Waals surface area contributed by atoms with E-state index in [-0.39, 0.29) is 29.9 Å². The first-order valence-electron chi connectivity index (χ1n) is 11.6. The van der Waals surface area contributed by atoms with Crippen molar-refractivity contribution >= 4 is 17.8 Å². The van der Waals surface area contributed by atoms with Gasteiger partial charge < -0.3 is 15.0 Å². The Morgan fingerprint density at radius 2 is 1.94 bits per heavy atom. The van der Waals surface area contributed by atoms with E-state index in [1.165, 1.54) is 4.90 Å². The minimum atomic E-state index is -0.859. The van der Waals surface area contributed by atoms with Crippen molar-refractivity contribution in [1.29, 1.82) is 0 Å². The molecule has 3 heterocycles. The standard InChI is InChI=1S/C24H33N3O4/c1-3-12-24(22(29)27(23(30)25-24)16-19-8-6-15-31-19)18-10-13-26(14-11-18)21(28)20-9-5-4-7-17(20)2/h4-5,7,9,18-19H,3,6,8,10-16H2,1-2H3,(H,25,30)/t19-,24-/m1/s1. The van der Waals surface area contributed by atoms with E-state index in [1.807, 2.05) is 43.0 Å². The highest BCUT2D eigenvalue weighted by molar-refractivity contribution is 6.07. The second-order valence-electron chi connectivity index (χ2n) is 9.08. The molecular weight excluding hydrogens is 394 g/mol. The van der Waals surface area contributed by atoms with Gasteiger partial charge in [0.25, 0.3) is 11.8 Å². The topological polar surface area (TPSA) is 79.0 Å². The van der Waals surface area contributed by atoms with Crippen molar-refractivity contribution < 1.29 is 19.1 Å². The molecule has 1 aromatic carbocycles. The Morgan fingerprint density at radius 3 is 2.58 bits per heavy atom. The number of hydrogen-bond donors (Lipinski definition) is 1. The molecule has 3 fully saturated rings. The summed E-state index contributed by atoms with van der Waals surface area (Å²) in [5.41, 5.74) is 0.847. The second kappa shape index (κ2) is 8.99. The number of benzene rings is 1. The molecule has 1 N–H and O–H groups in total. The van der Waals surface area contributed by atoms with Crippen LogP contribution in [0.15, 0.2) is 24.3 Å². The summed E-state index contributed by atoms with van der Waals surface area (Å²) in [6, 6.07) is 7.34. The normalized spacial score (nSPS) is 27.1. The Labute approximate surface area is 184 Å². The fourth-order valence-corrected chi connectivity index (χ4v) is 5.41. The highest BCUT2D eigenvalue weighted by Gasteiger charge is 2.55. The third-order valence-corrected chi connectivity index (χ3v) is 7.11. The maximum Gasteiger partial charge on any atom is 0.325 e. The molecule has 0 bridgehead atoms. The van der Waals surface area contributed by atoms with Crippen molar-refractivity contribution in [2.75, 3.05) is 26.2 Å². The lowest BCUT2D eigenvalue weighted by Gasteiger charge is -2.41. The number of aryl methyl sites for hydroxylation is 1. The average molecular weight is 428 g/mol. The van der Waals surface area contributed by atoms with Crippen LogP contribution >= 0.6 is 0 Å². The summed E-state index contributed by atoms with van der Waals surface area (Å²) in [5.74, 6) is -0.0410. The van der Waals surface area contributed by atoms with Gasteiger partial charge in [0.1, 0.15) is 5.54 Å². The fourth-order valence-electron chi connectivity index (χ4n) is 5.41. The molecule has 3 aliphatic rings. The van der Waals surface area contributed by atoms with Crippen LogP contribution in [0.25, 0.3) is 0 Å². The molecule has 4 rings (SSSR count). The molecule has 0 aromatic heterocycles. The lowest BCUT2D eigenvalue weighted by molar-refractivity contribution is -0.135. The fraction of sp³-hybridized carbons (Fsp3) is 0.625. The van der Waals surface area contributed by atoms with E-state index in [4.69, 9.17) is 4.74 Å². The minimum absolute atomic E-state index is 0.0271. The van der Waals surface area contributed by atoms with Crippen molar-refractivity contribution in [2.24, 2.45) is 5.92 Å². The number of carbonyl (C=O) groups is 3. The van der Waals surface area contributed by atoms with Gasteiger partial charge in [0.15, 0.2) is 0 Å². The van der Waals surface area contributed by atoms with Gasteiger partial charge in [-0.05, 0) is 56.6 Å². The van der Waals surface area contributed by atoms with Gasteiger partial charge in [0, 0.05) is 25.3 Å². The zero-order valence-corrected chi connectivity index (χ0v) is 18.6. The summed E-state index contributed by atoms with van der Waals surface area (Å²) in [6.07, 6.45) is 4.65. The Morgan fingerprint density at radius 1 is 1.19 bits per heavy atom. The molecule has 4 amide bonds. The first-order valence-corrected chi connectivity index (χ1v) is 11.6. The van der Waals surface area contributed by atoms with Gasteiger partial charge in [-0.3, -0.25) is 14.5 Å². The number of imide groups is 1. The molecule has 7 nitrogen and oxygen atoms in total. The summed E-state index contributed by atoms with van der Waals surface area (Å²) in [7, 11) is 0. The maximum atomic E-state index is 13.5. The van der Waals surface area contributed by atoms with E-state index >= 15 is 0 Å². The molecule has 7 heteroatoms. The highest BCUT2D eigenvalue weighted by atomic mass is 16.5. The number of ether oxygens (including phenoxy) is 1. The van der Waals surface area contributed by atoms with Gasteiger partial charge in [0.05, 0.1) is 12.6 Å². The number of rotatable bonds is 6. The van der Waals surface area contributed by atoms with Crippen LogP contribution < -0.4 is 5.32 Å². The van der Waals surface area contributed by atoms with Crippen LogP contribution in [0.4, 0.5) is 4.79 Å². The van der Waals surface area contributed by atoms with Gasteiger partial charge in [-0.1, -0.05) is 31.5 Å². The number of carbonyl (C=O) groups excluding carboxylic acids is 3. The quantitative estimate of drug-likeness (QED) is 0.708. The van der Waals surface area contributed by atoms with E-state index in [1.54, 1.807) is 0 Å². The van der Waals surface area contributed by atoms with Gasteiger partial charge >= 0.3 is 6.03 Å². The van der Waals surface area contributed by atoms with Crippen LogP contribution in [-0.4, -0.2) is 65.5 Å². The van der Waals surface area contributed by atoms with E-state index in [9.17, 15) is 14.4 Å². The van der Waals surface area contributed by atoms with Gasteiger partial charge in [-0.15, -0.1) is 0 Å². The summed E-state index contributed by atoms with van der Waals surface area (Å²) >= 11 is 0. The number of urea groups is 1. The molecule has 0 radical (unpaired) electrons. The van der Waals surface area contributed by atoms with E-state index in [0.29, 0.717) is 45.5 Å². The molecular formula is C24H33N3O4. The Hall–Kier alpha value is -2.41. The number of nitrogens with zero attached hydrogens (tertiary/aromatic N) is 2. The predicted molar refractivity (Wildman–Crippen MR) is 117 cm³/mol. The van der Waals surface area contributed by atoms with E-state index in [2.05, 4.69) is 5.32 Å². The van der Waals surface area contributed by atoms with Crippen molar-refractivity contribution in [3.05, 3.63) is 35.4 Å². The molecule has 168 valence electrons. The predicted octanol–water partition coefficient (Wildman–Crippen LogP) is 3.12. The summed E-state index contributed by atoms with van der Waals surface area (Å²) < 4.78 is 5.66. The Balaban J connectivity index is 1.46. The van der Waals surface area contributed by atoms with E-state index in [0.717, 1.165) is 30.4 Å². The van der Waals surface area contributed by atoms with Crippen molar-refractivity contribution in [3.63, 3.8) is 0 Å². The van der Waals surface area contributed by atoms with Crippen LogP contribution in [0.5, 0.6) is 0 Å². The molecule has 2 atom stereocenters. The Kier molecular flexibility index (Phi) is 6.32. The third-order valence-electron chi connectivity index (χ3n) is 7.11. The minimum Gasteiger partial charge on any atom is -0.376 e. The average Bonchev–Trinajstić information content (AvgIpc) is 3.37. The van der Waals surface area contributed by atoms with Crippen LogP contribution in [0.1, 0.15) is 61.4 Å². The largest absolute Gasteiger partial charge is 0.376 e. The molecule has 3 saturated heterocycles. The number of piperidine rings is 1. The molecule has 0 aliphatic carbocycles. The van der Waals surface area contributed by atoms with Crippen LogP contribution in [0, 0.1) is 12.8 Å². The van der Waals surface area contributed by atoms with Crippen molar-refractivity contribution in [3.8, 4) is 0 Å². The van der Waals surface area contributed by atoms with Gasteiger partial charge in [-0.25, -0.2) is 4.79 Å². The van der Waals surface area contributed by atoms with Gasteiger partial charge in [0.2, 0.25) is 0 Å². The number of likely N-dealkylation sites (tertiary alicyclic amines) is 1. The molecule has 0 saturated carbocycles. The number of amides is 4. The first kappa shape index (κ1) is 21.8. The molecule has 0 unspecified atom stereocenters. The summed E-state index contributed by atoms with van der Waals surface area (Å²) in [5, 5.41) is 3.08. The van der Waals surface area contributed by atoms with Crippen molar-refractivity contribution in [1.82, 2.24) is 15.1 Å². The monoisotopic (exact) mass is 427 g/mol. The smallest absolute Gasteiger partial charge is 0.325 e. The van der Waals surface area contributed by atoms with E-state index < -0.39 is 5.54 Å². The second-order valence-corrected chi connectivity index (χ2v) is 9.08. The number of nitrogens with one attached hydrogen (secondary N) is 1. The maximum absolute atomic E-state index is 13.5. The molecule has 3 aliphatic heterocycles. The number of hydrogen-bond acceptors (Lipinski definition) is 4. The zero-order valence-electron chi connectivity index (χ0n) is 18.6. The lowest BCUT2D eigenvalue weighted by atomic mass is 9.74. The zero-order chi connectivity index (χ0) is 22.0.